The van der Waals surface area contributed by atoms with Crippen LogP contribution in [0.2, 0.25) is 0 Å². The first kappa shape index (κ1) is 45.7. The van der Waals surface area contributed by atoms with Crippen LogP contribution in [0.15, 0.2) is 0 Å². The number of carboxylic acid groups (broad SMARTS) is 1. The van der Waals surface area contributed by atoms with E-state index >= 15 is 0 Å². The Labute approximate surface area is 302 Å². The molecule has 0 saturated carbocycles. The molecule has 0 spiro atoms. The second-order valence-electron chi connectivity index (χ2n) is 14.7. The molecule has 15 nitrogen and oxygen atoms in total. The summed E-state index contributed by atoms with van der Waals surface area (Å²) in [6.07, 6.45) is 0.455. The Bertz CT molecular complexity index is 957. The van der Waals surface area contributed by atoms with Crippen molar-refractivity contribution in [1.29, 1.82) is 0 Å². The zero-order valence-corrected chi connectivity index (χ0v) is 30.8. The number of aliphatic carboxylic acids is 1. The number of hydrogen-bond donors (Lipinski definition) is 9. The highest BCUT2D eigenvalue weighted by molar-refractivity contribution is 5.83. The highest BCUT2D eigenvalue weighted by atomic mass is 16.8. The van der Waals surface area contributed by atoms with E-state index in [1.165, 1.54) is 32.1 Å². The van der Waals surface area contributed by atoms with Gasteiger partial charge in [0, 0.05) is 6.42 Å². The first-order chi connectivity index (χ1) is 24.3. The number of unbranched alkanes of at least 4 members (excludes halogenated alkanes) is 12. The Balaban J connectivity index is 1.57. The van der Waals surface area contributed by atoms with Crippen molar-refractivity contribution >= 4 is 11.9 Å². The number of ether oxygens (including phenoxy) is 4. The number of hydrogen-bond acceptors (Lipinski definition) is 13. The third-order valence-electron chi connectivity index (χ3n) is 9.69. The maximum atomic E-state index is 12.1. The predicted molar refractivity (Wildman–Crippen MR) is 185 cm³/mol. The summed E-state index contributed by atoms with van der Waals surface area (Å²) in [6.45, 7) is 4.46. The van der Waals surface area contributed by atoms with E-state index in [0.29, 0.717) is 19.3 Å². The zero-order valence-electron chi connectivity index (χ0n) is 30.8. The van der Waals surface area contributed by atoms with Gasteiger partial charge < -0.3 is 65.1 Å². The van der Waals surface area contributed by atoms with Gasteiger partial charge in [-0.25, -0.2) is 4.79 Å². The zero-order chi connectivity index (χ0) is 37.9. The second-order valence-corrected chi connectivity index (χ2v) is 14.7. The molecule has 2 aliphatic heterocycles. The van der Waals surface area contributed by atoms with Gasteiger partial charge >= 0.3 is 5.97 Å². The summed E-state index contributed by atoms with van der Waals surface area (Å²) in [5.41, 5.74) is 0. The first-order valence-corrected chi connectivity index (χ1v) is 19.1. The van der Waals surface area contributed by atoms with Gasteiger partial charge in [0.15, 0.2) is 12.6 Å². The Kier molecular flexibility index (Phi) is 22.2. The molecule has 0 bridgehead atoms. The van der Waals surface area contributed by atoms with E-state index < -0.39 is 86.6 Å². The monoisotopic (exact) mass is 737 g/mol. The Morgan fingerprint density at radius 3 is 1.61 bits per heavy atom. The molecule has 1 unspecified atom stereocenters. The van der Waals surface area contributed by atoms with E-state index in [4.69, 9.17) is 18.9 Å². The highest BCUT2D eigenvalue weighted by Crippen LogP contribution is 2.30. The van der Waals surface area contributed by atoms with Crippen LogP contribution in [0.5, 0.6) is 0 Å². The number of carbonyl (C=O) groups is 2. The van der Waals surface area contributed by atoms with Gasteiger partial charge in [-0.1, -0.05) is 90.9 Å². The molecule has 12 atom stereocenters. The van der Waals surface area contributed by atoms with Crippen LogP contribution in [-0.2, 0) is 28.5 Å². The second kappa shape index (κ2) is 24.7. The quantitative estimate of drug-likeness (QED) is 0.0572. The van der Waals surface area contributed by atoms with E-state index in [1.807, 2.05) is 20.8 Å². The minimum atomic E-state index is -1.72. The number of nitrogens with one attached hydrogen (secondary N) is 1. The van der Waals surface area contributed by atoms with Crippen LogP contribution in [0.3, 0.4) is 0 Å². The molecule has 2 rings (SSSR count). The predicted octanol–water partition coefficient (Wildman–Crippen LogP) is 1.48. The SMILES string of the molecule is CC(C)C[C@H](NC(=O)CCCCCCCCCCCCCCCC(C)O[C@@H]1O[C@H](CO)[C@@H](O)[C@H](O)[C@H]1O[C@@H]1O[C@H](CO)[C@@H](O)[C@H](O)[C@H]1O)C(=O)O. The van der Waals surface area contributed by atoms with Crippen LogP contribution in [0.25, 0.3) is 0 Å². The number of rotatable bonds is 26. The average molecular weight is 738 g/mol. The van der Waals surface area contributed by atoms with Crippen molar-refractivity contribution in [2.24, 2.45) is 5.92 Å². The molecular weight excluding hydrogens is 670 g/mol. The Morgan fingerprint density at radius 2 is 1.12 bits per heavy atom. The summed E-state index contributed by atoms with van der Waals surface area (Å²) in [5, 5.41) is 82.8. The van der Waals surface area contributed by atoms with Crippen molar-refractivity contribution < 1.29 is 69.4 Å². The van der Waals surface area contributed by atoms with Crippen molar-refractivity contribution in [1.82, 2.24) is 5.32 Å². The molecule has 2 saturated heterocycles. The normalized spacial score (nSPS) is 31.0. The van der Waals surface area contributed by atoms with Gasteiger partial charge in [0.2, 0.25) is 5.91 Å². The largest absolute Gasteiger partial charge is 0.480 e. The van der Waals surface area contributed by atoms with Gasteiger partial charge in [0.1, 0.15) is 54.9 Å². The van der Waals surface area contributed by atoms with Crippen molar-refractivity contribution in [3.63, 3.8) is 0 Å². The molecule has 9 N–H and O–H groups in total. The summed E-state index contributed by atoms with van der Waals surface area (Å²) in [7, 11) is 0. The fourth-order valence-electron chi connectivity index (χ4n) is 6.56. The summed E-state index contributed by atoms with van der Waals surface area (Å²) in [6, 6.07) is -0.812. The lowest BCUT2D eigenvalue weighted by atomic mass is 9.97. The van der Waals surface area contributed by atoms with Gasteiger partial charge in [-0.3, -0.25) is 4.79 Å². The number of aliphatic hydroxyl groups excluding tert-OH is 7. The molecule has 0 aromatic rings. The minimum Gasteiger partial charge on any atom is -0.480 e. The molecule has 0 aliphatic carbocycles. The van der Waals surface area contributed by atoms with Gasteiger partial charge in [-0.15, -0.1) is 0 Å². The molecule has 0 aromatic heterocycles. The smallest absolute Gasteiger partial charge is 0.326 e. The van der Waals surface area contributed by atoms with Crippen LogP contribution < -0.4 is 5.32 Å². The van der Waals surface area contributed by atoms with Gasteiger partial charge in [0.25, 0.3) is 0 Å². The first-order valence-electron chi connectivity index (χ1n) is 19.1. The third kappa shape index (κ3) is 16.2. The van der Waals surface area contributed by atoms with Gasteiger partial charge in [-0.05, 0) is 32.1 Å². The molecule has 0 radical (unpaired) electrons. The van der Waals surface area contributed by atoms with Crippen molar-refractivity contribution in [2.75, 3.05) is 13.2 Å². The van der Waals surface area contributed by atoms with E-state index in [-0.39, 0.29) is 17.9 Å². The molecule has 2 fully saturated rings. The average Bonchev–Trinajstić information content (AvgIpc) is 3.08. The van der Waals surface area contributed by atoms with E-state index in [1.54, 1.807) is 0 Å². The fraction of sp³-hybridized carbons (Fsp3) is 0.944. The van der Waals surface area contributed by atoms with E-state index in [9.17, 15) is 50.4 Å². The number of amides is 1. The van der Waals surface area contributed by atoms with Crippen molar-refractivity contribution in [3.8, 4) is 0 Å². The molecule has 2 aliphatic rings. The van der Waals surface area contributed by atoms with Crippen LogP contribution >= 0.6 is 0 Å². The summed E-state index contributed by atoms with van der Waals surface area (Å²) < 4.78 is 22.8. The van der Waals surface area contributed by atoms with Crippen LogP contribution in [0, 0.1) is 5.92 Å². The van der Waals surface area contributed by atoms with Crippen molar-refractivity contribution in [2.45, 2.75) is 197 Å². The summed E-state index contributed by atoms with van der Waals surface area (Å²) in [4.78, 5) is 23.4. The molecule has 300 valence electrons. The Hall–Kier alpha value is -1.50. The number of carbonyl (C=O) groups excluding carboxylic acids is 1. The topological polar surface area (TPSA) is 245 Å². The fourth-order valence-corrected chi connectivity index (χ4v) is 6.56. The standard InChI is InChI=1S/C36H67NO14/c1-22(2)19-24(34(46)47)37-27(40)18-16-14-12-10-8-6-4-5-7-9-11-13-15-17-23(3)48-36-33(31(44)29(42)26(21-39)50-36)51-35-32(45)30(43)28(41)25(20-38)49-35/h22-26,28-33,35-36,38-39,41-45H,4-21H2,1-3H3,(H,37,40)(H,46,47)/t23?,24-,25+,26+,28+,29+,30-,31-,32+,33+,35-,36+/m0/s1. The number of carboxylic acids is 1. The summed E-state index contributed by atoms with van der Waals surface area (Å²) >= 11 is 0. The Morgan fingerprint density at radius 1 is 0.647 bits per heavy atom. The van der Waals surface area contributed by atoms with Crippen LogP contribution in [0.4, 0.5) is 0 Å². The lowest BCUT2D eigenvalue weighted by molar-refractivity contribution is -0.371. The van der Waals surface area contributed by atoms with Gasteiger partial charge in [0.05, 0.1) is 19.3 Å². The highest BCUT2D eigenvalue weighted by Gasteiger charge is 2.51. The molecule has 51 heavy (non-hydrogen) atoms. The molecular formula is C36H67NO14. The van der Waals surface area contributed by atoms with Crippen LogP contribution in [0.1, 0.15) is 124 Å². The summed E-state index contributed by atoms with van der Waals surface area (Å²) in [5.74, 6) is -0.965. The molecule has 1 amide bonds. The van der Waals surface area contributed by atoms with Crippen molar-refractivity contribution in [3.05, 3.63) is 0 Å². The minimum absolute atomic E-state index is 0.185. The maximum absolute atomic E-state index is 12.1. The van der Waals surface area contributed by atoms with Crippen LogP contribution in [-0.4, -0.2) is 140 Å². The van der Waals surface area contributed by atoms with E-state index in [2.05, 4.69) is 5.32 Å². The molecule has 2 heterocycles. The molecule has 0 aromatic carbocycles. The van der Waals surface area contributed by atoms with Gasteiger partial charge in [-0.2, -0.15) is 0 Å². The molecule has 15 heteroatoms. The lowest BCUT2D eigenvalue weighted by Gasteiger charge is -2.46. The third-order valence-corrected chi connectivity index (χ3v) is 9.69. The number of aliphatic hydroxyl groups is 7. The lowest BCUT2D eigenvalue weighted by Crippen LogP contribution is -2.64. The van der Waals surface area contributed by atoms with E-state index in [0.717, 1.165) is 51.4 Å². The maximum Gasteiger partial charge on any atom is 0.326 e.